The molecule has 5 nitrogen and oxygen atoms in total. The fraction of sp³-hybridized carbons (Fsp3) is 0.312. The van der Waals surface area contributed by atoms with Gasteiger partial charge in [0.25, 0.3) is 0 Å². The Labute approximate surface area is 155 Å². The second-order valence-corrected chi connectivity index (χ2v) is 6.45. The van der Waals surface area contributed by atoms with Gasteiger partial charge in [-0.05, 0) is 42.0 Å². The minimum absolute atomic E-state index is 0. The summed E-state index contributed by atoms with van der Waals surface area (Å²) >= 11 is 12.4. The molecule has 0 spiro atoms. The van der Waals surface area contributed by atoms with E-state index < -0.39 is 0 Å². The molecule has 0 radical (unpaired) electrons. The van der Waals surface area contributed by atoms with Crippen molar-refractivity contribution in [2.24, 2.45) is 0 Å². The van der Waals surface area contributed by atoms with E-state index in [0.29, 0.717) is 11.6 Å². The lowest BCUT2D eigenvalue weighted by Gasteiger charge is -2.33. The van der Waals surface area contributed by atoms with Crippen LogP contribution in [-0.4, -0.2) is 33.0 Å². The Balaban J connectivity index is 0.00000169. The number of aromatic nitrogens is 4. The van der Waals surface area contributed by atoms with Gasteiger partial charge < -0.3 is 9.88 Å². The average molecular weight is 385 g/mol. The van der Waals surface area contributed by atoms with Crippen LogP contribution in [0, 0.1) is 0 Å². The van der Waals surface area contributed by atoms with Crippen molar-refractivity contribution in [1.29, 1.82) is 0 Å². The van der Waals surface area contributed by atoms with Crippen molar-refractivity contribution >= 4 is 52.6 Å². The summed E-state index contributed by atoms with van der Waals surface area (Å²) < 4.78 is 0. The quantitative estimate of drug-likeness (QED) is 0.662. The first kappa shape index (κ1) is 17.3. The van der Waals surface area contributed by atoms with Crippen LogP contribution < -0.4 is 4.90 Å². The van der Waals surface area contributed by atoms with Crippen LogP contribution in [0.4, 0.5) is 5.82 Å². The molecule has 0 saturated carbocycles. The standard InChI is InChI=1S/C16H15Cl2N5.ClH/c17-12-4-2-1-3-11(12)10-5-7-23(8-6-10)15-13-14(20-9-19-13)21-16(18)22-15;/h1-4,9-10H,5-8H2,(H,19,20,21,22);1H. The fourth-order valence-electron chi connectivity index (χ4n) is 3.23. The molecule has 0 bridgehead atoms. The summed E-state index contributed by atoms with van der Waals surface area (Å²) in [6.45, 7) is 1.80. The molecule has 1 fully saturated rings. The third-order valence-corrected chi connectivity index (χ3v) is 4.89. The number of piperidine rings is 1. The van der Waals surface area contributed by atoms with E-state index in [1.807, 2.05) is 18.2 Å². The summed E-state index contributed by atoms with van der Waals surface area (Å²) in [4.78, 5) is 18.0. The first-order valence-electron chi connectivity index (χ1n) is 7.58. The molecule has 1 aliphatic heterocycles. The lowest BCUT2D eigenvalue weighted by molar-refractivity contribution is 0.503. The Morgan fingerprint density at radius 1 is 1.08 bits per heavy atom. The minimum atomic E-state index is 0. The van der Waals surface area contributed by atoms with Crippen LogP contribution in [0.25, 0.3) is 11.2 Å². The number of imidazole rings is 1. The highest BCUT2D eigenvalue weighted by atomic mass is 35.5. The zero-order valence-electron chi connectivity index (χ0n) is 12.7. The summed E-state index contributed by atoms with van der Waals surface area (Å²) in [6, 6.07) is 8.10. The molecular weight excluding hydrogens is 369 g/mol. The number of benzene rings is 1. The Hall–Kier alpha value is -1.56. The van der Waals surface area contributed by atoms with Crippen LogP contribution in [0.1, 0.15) is 24.3 Å². The zero-order chi connectivity index (χ0) is 15.8. The monoisotopic (exact) mass is 383 g/mol. The number of anilines is 1. The van der Waals surface area contributed by atoms with Crippen LogP contribution in [0.15, 0.2) is 30.6 Å². The van der Waals surface area contributed by atoms with E-state index in [9.17, 15) is 0 Å². The van der Waals surface area contributed by atoms with E-state index in [0.717, 1.165) is 42.3 Å². The summed E-state index contributed by atoms with van der Waals surface area (Å²) in [5.74, 6) is 1.31. The Bertz CT molecular complexity index is 843. The summed E-state index contributed by atoms with van der Waals surface area (Å²) in [5.41, 5.74) is 2.68. The van der Waals surface area contributed by atoms with Gasteiger partial charge in [-0.25, -0.2) is 4.98 Å². The topological polar surface area (TPSA) is 57.7 Å². The number of fused-ring (bicyclic) bond motifs is 1. The number of nitrogens with one attached hydrogen (secondary N) is 1. The number of hydrogen-bond acceptors (Lipinski definition) is 4. The maximum absolute atomic E-state index is 6.33. The van der Waals surface area contributed by atoms with Gasteiger partial charge in [0.05, 0.1) is 6.33 Å². The summed E-state index contributed by atoms with van der Waals surface area (Å²) in [6.07, 6.45) is 3.68. The molecule has 1 N–H and O–H groups in total. The predicted octanol–water partition coefficient (Wildman–Crippen LogP) is 4.47. The maximum atomic E-state index is 6.33. The highest BCUT2D eigenvalue weighted by Crippen LogP contribution is 2.35. The number of rotatable bonds is 2. The van der Waals surface area contributed by atoms with Gasteiger partial charge in [-0.15, -0.1) is 12.4 Å². The molecule has 8 heteroatoms. The normalized spacial score (nSPS) is 15.5. The van der Waals surface area contributed by atoms with Crippen LogP contribution in [0.3, 0.4) is 0 Å². The first-order valence-corrected chi connectivity index (χ1v) is 8.34. The molecule has 1 aliphatic rings. The van der Waals surface area contributed by atoms with Gasteiger partial charge in [-0.2, -0.15) is 9.97 Å². The molecule has 0 amide bonds. The van der Waals surface area contributed by atoms with Crippen molar-refractivity contribution in [3.8, 4) is 0 Å². The maximum Gasteiger partial charge on any atom is 0.226 e. The second kappa shape index (κ2) is 7.13. The van der Waals surface area contributed by atoms with Crippen LogP contribution in [-0.2, 0) is 0 Å². The summed E-state index contributed by atoms with van der Waals surface area (Å²) in [5, 5.41) is 1.08. The van der Waals surface area contributed by atoms with E-state index in [-0.39, 0.29) is 17.7 Å². The van der Waals surface area contributed by atoms with Gasteiger partial charge in [-0.1, -0.05) is 29.8 Å². The number of hydrogen-bond donors (Lipinski definition) is 1. The third-order valence-electron chi connectivity index (χ3n) is 4.38. The third kappa shape index (κ3) is 3.16. The van der Waals surface area contributed by atoms with E-state index in [4.69, 9.17) is 23.2 Å². The first-order chi connectivity index (χ1) is 11.2. The average Bonchev–Trinajstić information content (AvgIpc) is 3.03. The largest absolute Gasteiger partial charge is 0.355 e. The van der Waals surface area contributed by atoms with Gasteiger partial charge in [0, 0.05) is 18.1 Å². The van der Waals surface area contributed by atoms with E-state index >= 15 is 0 Å². The van der Waals surface area contributed by atoms with Crippen LogP contribution in [0.2, 0.25) is 10.3 Å². The van der Waals surface area contributed by atoms with Gasteiger partial charge in [0.15, 0.2) is 11.5 Å². The lowest BCUT2D eigenvalue weighted by Crippen LogP contribution is -2.33. The molecule has 0 atom stereocenters. The molecule has 1 aromatic carbocycles. The molecular formula is C16H16Cl3N5. The van der Waals surface area contributed by atoms with Crippen LogP contribution >= 0.6 is 35.6 Å². The van der Waals surface area contributed by atoms with E-state index in [1.165, 1.54) is 5.56 Å². The minimum Gasteiger partial charge on any atom is -0.355 e. The molecule has 24 heavy (non-hydrogen) atoms. The Kier molecular flexibility index (Phi) is 5.13. The molecule has 3 aromatic rings. The van der Waals surface area contributed by atoms with Gasteiger partial charge in [-0.3, -0.25) is 0 Å². The second-order valence-electron chi connectivity index (χ2n) is 5.70. The highest BCUT2D eigenvalue weighted by Gasteiger charge is 2.25. The Morgan fingerprint density at radius 2 is 1.83 bits per heavy atom. The van der Waals surface area contributed by atoms with Gasteiger partial charge >= 0.3 is 0 Å². The Morgan fingerprint density at radius 3 is 2.58 bits per heavy atom. The smallest absolute Gasteiger partial charge is 0.226 e. The summed E-state index contributed by atoms with van der Waals surface area (Å²) in [7, 11) is 0. The zero-order valence-corrected chi connectivity index (χ0v) is 15.1. The van der Waals surface area contributed by atoms with Crippen molar-refractivity contribution in [1.82, 2.24) is 19.9 Å². The van der Waals surface area contributed by atoms with Crippen molar-refractivity contribution in [3.05, 3.63) is 46.5 Å². The van der Waals surface area contributed by atoms with Gasteiger partial charge in [0.2, 0.25) is 5.28 Å². The lowest BCUT2D eigenvalue weighted by atomic mass is 9.89. The van der Waals surface area contributed by atoms with Crippen molar-refractivity contribution in [3.63, 3.8) is 0 Å². The predicted molar refractivity (Wildman–Crippen MR) is 99.6 cm³/mol. The SMILES string of the molecule is Cl.Clc1nc(N2CCC(c3ccccc3Cl)CC2)c2[nH]cnc2n1. The molecule has 2 aromatic heterocycles. The van der Waals surface area contributed by atoms with Gasteiger partial charge in [0.1, 0.15) is 5.52 Å². The number of aromatic amines is 1. The number of nitrogens with zero attached hydrogens (tertiary/aromatic N) is 4. The van der Waals surface area contributed by atoms with Crippen molar-refractivity contribution in [2.45, 2.75) is 18.8 Å². The van der Waals surface area contributed by atoms with Crippen LogP contribution in [0.5, 0.6) is 0 Å². The molecule has 1 saturated heterocycles. The molecule has 3 heterocycles. The van der Waals surface area contributed by atoms with E-state index in [1.54, 1.807) is 6.33 Å². The highest BCUT2D eigenvalue weighted by molar-refractivity contribution is 6.31. The van der Waals surface area contributed by atoms with Crippen molar-refractivity contribution < 1.29 is 0 Å². The molecule has 0 unspecified atom stereocenters. The molecule has 4 rings (SSSR count). The molecule has 126 valence electrons. The number of halogens is 3. The van der Waals surface area contributed by atoms with E-state index in [2.05, 4.69) is 30.9 Å². The van der Waals surface area contributed by atoms with Crippen molar-refractivity contribution in [2.75, 3.05) is 18.0 Å². The molecule has 0 aliphatic carbocycles. The number of H-pyrrole nitrogens is 1. The fourth-order valence-corrected chi connectivity index (χ4v) is 3.68.